The van der Waals surface area contributed by atoms with Crippen LogP contribution < -0.4 is 10.1 Å². The van der Waals surface area contributed by atoms with Gasteiger partial charge in [0.05, 0.1) is 17.5 Å². The monoisotopic (exact) mass is 417 g/mol. The van der Waals surface area contributed by atoms with Crippen LogP contribution in [0.5, 0.6) is 5.75 Å². The van der Waals surface area contributed by atoms with Gasteiger partial charge in [-0.25, -0.2) is 17.4 Å². The molecule has 0 unspecified atom stereocenters. The Balaban J connectivity index is 1.61. The number of rotatable bonds is 8. The summed E-state index contributed by atoms with van der Waals surface area (Å²) in [6, 6.07) is 11.9. The smallest absolute Gasteiger partial charge is 0.242 e. The van der Waals surface area contributed by atoms with E-state index in [1.165, 1.54) is 26.2 Å². The largest absolute Gasteiger partial charge is 0.497 e. The standard InChI is InChI=1S/C19H23N5O4S/c1-23(2)29(26,27)16-9-10-18-17(13-16)21-22-24(18)11-5-8-19(25)20-14-6-4-7-15(12-14)28-3/h4,6-7,9-10,12-13H,5,8,11H2,1-3H3,(H,20,25). The van der Waals surface area contributed by atoms with Gasteiger partial charge in [-0.1, -0.05) is 11.3 Å². The minimum absolute atomic E-state index is 0.109. The summed E-state index contributed by atoms with van der Waals surface area (Å²) in [6.45, 7) is 0.488. The number of aromatic nitrogens is 3. The van der Waals surface area contributed by atoms with E-state index < -0.39 is 10.0 Å². The minimum atomic E-state index is -3.53. The second-order valence-corrected chi connectivity index (χ2v) is 8.79. The van der Waals surface area contributed by atoms with Crippen molar-refractivity contribution in [1.82, 2.24) is 19.3 Å². The Morgan fingerprint density at radius 2 is 2.00 bits per heavy atom. The lowest BCUT2D eigenvalue weighted by molar-refractivity contribution is -0.116. The Morgan fingerprint density at radius 3 is 2.72 bits per heavy atom. The Labute approximate surface area is 169 Å². The quantitative estimate of drug-likeness (QED) is 0.602. The molecule has 1 N–H and O–H groups in total. The normalized spacial score (nSPS) is 11.7. The third-order valence-electron chi connectivity index (χ3n) is 4.39. The van der Waals surface area contributed by atoms with Crippen LogP contribution in [0, 0.1) is 0 Å². The number of nitrogens with one attached hydrogen (secondary N) is 1. The van der Waals surface area contributed by atoms with Crippen LogP contribution in [-0.2, 0) is 21.4 Å². The Bertz CT molecular complexity index is 1120. The van der Waals surface area contributed by atoms with Crippen LogP contribution in [0.25, 0.3) is 11.0 Å². The molecule has 1 heterocycles. The lowest BCUT2D eigenvalue weighted by Crippen LogP contribution is -2.22. The van der Waals surface area contributed by atoms with Crippen LogP contribution in [-0.4, -0.2) is 54.8 Å². The van der Waals surface area contributed by atoms with Gasteiger partial charge >= 0.3 is 0 Å². The van der Waals surface area contributed by atoms with Crippen LogP contribution >= 0.6 is 0 Å². The molecule has 29 heavy (non-hydrogen) atoms. The van der Waals surface area contributed by atoms with Crippen molar-refractivity contribution >= 4 is 32.7 Å². The summed E-state index contributed by atoms with van der Waals surface area (Å²) in [7, 11) is 1.00. The lowest BCUT2D eigenvalue weighted by atomic mass is 10.2. The first-order valence-electron chi connectivity index (χ1n) is 9.01. The van der Waals surface area contributed by atoms with E-state index in [9.17, 15) is 13.2 Å². The van der Waals surface area contributed by atoms with Crippen molar-refractivity contribution < 1.29 is 17.9 Å². The molecule has 154 valence electrons. The van der Waals surface area contributed by atoms with Gasteiger partial charge < -0.3 is 10.1 Å². The van der Waals surface area contributed by atoms with Gasteiger partial charge in [0.2, 0.25) is 15.9 Å². The average Bonchev–Trinajstić information content (AvgIpc) is 3.10. The fraction of sp³-hybridized carbons (Fsp3) is 0.316. The number of benzene rings is 2. The zero-order chi connectivity index (χ0) is 21.0. The van der Waals surface area contributed by atoms with Gasteiger partial charge in [0, 0.05) is 38.8 Å². The number of sulfonamides is 1. The zero-order valence-corrected chi connectivity index (χ0v) is 17.3. The average molecular weight is 417 g/mol. The van der Waals surface area contributed by atoms with Gasteiger partial charge in [0.1, 0.15) is 11.3 Å². The molecule has 0 bridgehead atoms. The van der Waals surface area contributed by atoms with Gasteiger partial charge in [-0.15, -0.1) is 5.10 Å². The lowest BCUT2D eigenvalue weighted by Gasteiger charge is -2.11. The summed E-state index contributed by atoms with van der Waals surface area (Å²) in [5, 5.41) is 11.0. The van der Waals surface area contributed by atoms with Gasteiger partial charge in [-0.2, -0.15) is 0 Å². The number of carbonyl (C=O) groups excluding carboxylic acids is 1. The van der Waals surface area contributed by atoms with Crippen molar-refractivity contribution in [3.05, 3.63) is 42.5 Å². The molecular weight excluding hydrogens is 394 g/mol. The number of hydrogen-bond acceptors (Lipinski definition) is 6. The van der Waals surface area contributed by atoms with Crippen LogP contribution in [0.1, 0.15) is 12.8 Å². The third kappa shape index (κ3) is 4.72. The van der Waals surface area contributed by atoms with Crippen molar-refractivity contribution in [2.45, 2.75) is 24.3 Å². The molecule has 0 aliphatic heterocycles. The summed E-state index contributed by atoms with van der Waals surface area (Å²) < 4.78 is 32.4. The molecule has 0 aliphatic carbocycles. The number of ether oxygens (including phenoxy) is 1. The second kappa shape index (κ2) is 8.58. The molecule has 0 saturated heterocycles. The molecule has 0 radical (unpaired) electrons. The molecule has 0 aliphatic rings. The molecule has 0 fully saturated rings. The van der Waals surface area contributed by atoms with Crippen LogP contribution in [0.4, 0.5) is 5.69 Å². The zero-order valence-electron chi connectivity index (χ0n) is 16.5. The molecule has 3 aromatic rings. The topological polar surface area (TPSA) is 106 Å². The van der Waals surface area contributed by atoms with Crippen LogP contribution in [0.3, 0.4) is 0 Å². The predicted molar refractivity (Wildman–Crippen MR) is 109 cm³/mol. The van der Waals surface area contributed by atoms with Gasteiger partial charge in [-0.05, 0) is 36.8 Å². The Kier molecular flexibility index (Phi) is 6.14. The van der Waals surface area contributed by atoms with Gasteiger partial charge in [0.15, 0.2) is 0 Å². The number of amides is 1. The molecule has 0 spiro atoms. The van der Waals surface area contributed by atoms with Gasteiger partial charge in [0.25, 0.3) is 0 Å². The van der Waals surface area contributed by atoms with E-state index >= 15 is 0 Å². The second-order valence-electron chi connectivity index (χ2n) is 6.63. The highest BCUT2D eigenvalue weighted by Crippen LogP contribution is 2.20. The van der Waals surface area contributed by atoms with E-state index in [4.69, 9.17) is 4.74 Å². The van der Waals surface area contributed by atoms with E-state index in [2.05, 4.69) is 15.6 Å². The van der Waals surface area contributed by atoms with Gasteiger partial charge in [-0.3, -0.25) is 4.79 Å². The van der Waals surface area contributed by atoms with Crippen molar-refractivity contribution in [2.24, 2.45) is 0 Å². The summed E-state index contributed by atoms with van der Waals surface area (Å²) in [5.41, 5.74) is 1.89. The maximum atomic E-state index is 12.2. The summed E-state index contributed by atoms with van der Waals surface area (Å²) in [5.74, 6) is 0.564. The number of nitrogens with zero attached hydrogens (tertiary/aromatic N) is 4. The van der Waals surface area contributed by atoms with E-state index in [-0.39, 0.29) is 10.8 Å². The summed E-state index contributed by atoms with van der Waals surface area (Å²) >= 11 is 0. The number of carbonyl (C=O) groups is 1. The number of methoxy groups -OCH3 is 1. The SMILES string of the molecule is COc1cccc(NC(=O)CCCn2nnc3cc(S(=O)(=O)N(C)C)ccc32)c1. The molecular formula is C19H23N5O4S. The molecule has 3 rings (SSSR count). The summed E-state index contributed by atoms with van der Waals surface area (Å²) in [4.78, 5) is 12.3. The minimum Gasteiger partial charge on any atom is -0.497 e. The number of anilines is 1. The van der Waals surface area contributed by atoms with Crippen LogP contribution in [0.15, 0.2) is 47.4 Å². The third-order valence-corrected chi connectivity index (χ3v) is 6.20. The molecule has 2 aromatic carbocycles. The van der Waals surface area contributed by atoms with Crippen molar-refractivity contribution in [3.63, 3.8) is 0 Å². The Morgan fingerprint density at radius 1 is 1.21 bits per heavy atom. The number of fused-ring (bicyclic) bond motifs is 1. The van der Waals surface area contributed by atoms with Crippen molar-refractivity contribution in [2.75, 3.05) is 26.5 Å². The van der Waals surface area contributed by atoms with Crippen molar-refractivity contribution in [1.29, 1.82) is 0 Å². The highest BCUT2D eigenvalue weighted by Gasteiger charge is 2.18. The molecule has 0 saturated carbocycles. The van der Waals surface area contributed by atoms with E-state index in [1.807, 2.05) is 0 Å². The first kappa shape index (κ1) is 20.7. The molecule has 1 aromatic heterocycles. The maximum absolute atomic E-state index is 12.2. The summed E-state index contributed by atoms with van der Waals surface area (Å²) in [6.07, 6.45) is 0.873. The van der Waals surface area contributed by atoms with Crippen molar-refractivity contribution in [3.8, 4) is 5.75 Å². The first-order valence-corrected chi connectivity index (χ1v) is 10.4. The highest BCUT2D eigenvalue weighted by atomic mass is 32.2. The number of aryl methyl sites for hydroxylation is 1. The number of hydrogen-bond donors (Lipinski definition) is 1. The van der Waals surface area contributed by atoms with E-state index in [0.29, 0.717) is 36.3 Å². The molecule has 0 atom stereocenters. The van der Waals surface area contributed by atoms with E-state index in [0.717, 1.165) is 9.82 Å². The molecule has 9 nitrogen and oxygen atoms in total. The molecule has 10 heteroatoms. The van der Waals surface area contributed by atoms with E-state index in [1.54, 1.807) is 42.1 Å². The Hall–Kier alpha value is -2.98. The predicted octanol–water partition coefficient (Wildman–Crippen LogP) is 2.11. The first-order chi connectivity index (χ1) is 13.8. The maximum Gasteiger partial charge on any atom is 0.242 e. The van der Waals surface area contributed by atoms with Crippen LogP contribution in [0.2, 0.25) is 0 Å². The fourth-order valence-electron chi connectivity index (χ4n) is 2.80. The molecule has 1 amide bonds. The fourth-order valence-corrected chi connectivity index (χ4v) is 3.72. The highest BCUT2D eigenvalue weighted by molar-refractivity contribution is 7.89.